The fourth-order valence-electron chi connectivity index (χ4n) is 5.69. The molecule has 0 bridgehead atoms. The highest BCUT2D eigenvalue weighted by Crippen LogP contribution is 2.37. The van der Waals surface area contributed by atoms with E-state index in [9.17, 15) is 24.2 Å². The third-order valence-corrected chi connectivity index (χ3v) is 8.53. The van der Waals surface area contributed by atoms with Gasteiger partial charge in [-0.05, 0) is 6.42 Å². The molecule has 2 unspecified atom stereocenters. The lowest BCUT2D eigenvalue weighted by Crippen LogP contribution is -2.40. The maximum Gasteiger partial charge on any atom is 0.695 e. The van der Waals surface area contributed by atoms with Crippen LogP contribution in [0.5, 0.6) is 0 Å². The van der Waals surface area contributed by atoms with E-state index in [2.05, 4.69) is 11.9 Å². The van der Waals surface area contributed by atoms with Gasteiger partial charge in [-0.25, -0.2) is 4.79 Å². The lowest BCUT2D eigenvalue weighted by Gasteiger charge is -2.22. The molecular formula is C31H56N2O8P+. The number of aromatic nitrogens is 2. The van der Waals surface area contributed by atoms with Crippen LogP contribution in [-0.2, 0) is 18.6 Å². The van der Waals surface area contributed by atoms with Crippen LogP contribution in [0.4, 0.5) is 0 Å². The molecule has 242 valence electrons. The van der Waals surface area contributed by atoms with Gasteiger partial charge in [-0.2, -0.15) is 0 Å². The van der Waals surface area contributed by atoms with Crippen molar-refractivity contribution in [3.63, 3.8) is 0 Å². The second kappa shape index (κ2) is 23.0. The van der Waals surface area contributed by atoms with Crippen molar-refractivity contribution in [3.05, 3.63) is 33.1 Å². The quantitative estimate of drug-likeness (QED) is 0.0776. The van der Waals surface area contributed by atoms with Crippen LogP contribution in [0.2, 0.25) is 0 Å². The number of hydrogen-bond donors (Lipinski definition) is 3. The predicted molar refractivity (Wildman–Crippen MR) is 165 cm³/mol. The molecular weight excluding hydrogens is 559 g/mol. The minimum Gasteiger partial charge on any atom is -0.394 e. The van der Waals surface area contributed by atoms with Crippen molar-refractivity contribution < 1.29 is 28.6 Å². The summed E-state index contributed by atoms with van der Waals surface area (Å²) in [5.41, 5.74) is -1.26. The zero-order chi connectivity index (χ0) is 30.4. The van der Waals surface area contributed by atoms with Crippen molar-refractivity contribution in [1.29, 1.82) is 0 Å². The Bertz CT molecular complexity index is 955. The van der Waals surface area contributed by atoms with E-state index >= 15 is 0 Å². The van der Waals surface area contributed by atoms with E-state index in [-0.39, 0.29) is 0 Å². The second-order valence-electron chi connectivity index (χ2n) is 11.6. The maximum atomic E-state index is 12.3. The molecule has 1 aliphatic heterocycles. The first-order chi connectivity index (χ1) is 20.5. The van der Waals surface area contributed by atoms with Gasteiger partial charge in [0.1, 0.15) is 12.2 Å². The first-order valence-corrected chi connectivity index (χ1v) is 17.6. The van der Waals surface area contributed by atoms with E-state index in [0.717, 1.165) is 23.8 Å². The Morgan fingerprint density at radius 1 is 0.810 bits per heavy atom. The normalized spacial score (nSPS) is 20.8. The van der Waals surface area contributed by atoms with Crippen LogP contribution in [0.25, 0.3) is 0 Å². The second-order valence-corrected chi connectivity index (χ2v) is 12.3. The number of rotatable bonds is 26. The number of unbranched alkanes of at least 4 members (excludes halogenated alkanes) is 19. The number of aliphatic hydroxyl groups is 1. The number of hydrogen-bond acceptors (Lipinski definition) is 7. The fourth-order valence-corrected chi connectivity index (χ4v) is 6.16. The first-order valence-electron chi connectivity index (χ1n) is 16.5. The Balaban J connectivity index is 1.52. The van der Waals surface area contributed by atoms with Crippen LogP contribution >= 0.6 is 8.25 Å². The topological polar surface area (TPSA) is 140 Å². The molecule has 0 amide bonds. The molecule has 1 aromatic heterocycles. The third-order valence-electron chi connectivity index (χ3n) is 8.11. The molecule has 0 radical (unpaired) electrons. The van der Waals surface area contributed by atoms with Crippen molar-refractivity contribution in [2.45, 2.75) is 160 Å². The average Bonchev–Trinajstić information content (AvgIpc) is 3.29. The van der Waals surface area contributed by atoms with Gasteiger partial charge in [0.15, 0.2) is 12.3 Å². The molecule has 11 heteroatoms. The number of ether oxygens (including phenoxy) is 2. The Labute approximate surface area is 252 Å². The largest absolute Gasteiger partial charge is 0.695 e. The van der Waals surface area contributed by atoms with Gasteiger partial charge in [-0.3, -0.25) is 14.3 Å². The van der Waals surface area contributed by atoms with Gasteiger partial charge in [0, 0.05) is 23.4 Å². The zero-order valence-corrected chi connectivity index (χ0v) is 26.7. The standard InChI is InChI=1S/C31H55N2O8P/c1-2-3-4-5-6-7-8-9-10-11-12-13-14-15-16-17-18-19-20-21-24-39-29-28(41-42(37)38)26(25-34)40-30(29)33-23-22-27(35)32-31(33)36/h22-23,26,28-30,34H,2-21,24-25H2,1H3,(H-,32,35,36,37,38)/p+1/t26-,28?,29+,30-/m1/s1. The molecule has 1 saturated heterocycles. The molecule has 10 nitrogen and oxygen atoms in total. The van der Waals surface area contributed by atoms with E-state index in [0.29, 0.717) is 6.61 Å². The number of aromatic amines is 1. The highest BCUT2D eigenvalue weighted by molar-refractivity contribution is 7.32. The molecule has 42 heavy (non-hydrogen) atoms. The van der Waals surface area contributed by atoms with E-state index in [1.54, 1.807) is 0 Å². The van der Waals surface area contributed by atoms with Crippen LogP contribution in [0.15, 0.2) is 21.9 Å². The maximum absolute atomic E-state index is 12.3. The summed E-state index contributed by atoms with van der Waals surface area (Å²) in [6, 6.07) is 1.18. The molecule has 0 saturated carbocycles. The van der Waals surface area contributed by atoms with Gasteiger partial charge in [0.2, 0.25) is 0 Å². The smallest absolute Gasteiger partial charge is 0.394 e. The minimum atomic E-state index is -2.98. The lowest BCUT2D eigenvalue weighted by atomic mass is 10.0. The Kier molecular flexibility index (Phi) is 20.2. The van der Waals surface area contributed by atoms with Crippen molar-refractivity contribution in [2.75, 3.05) is 13.2 Å². The van der Waals surface area contributed by atoms with Gasteiger partial charge in [0.25, 0.3) is 5.56 Å². The molecule has 2 rings (SSSR count). The predicted octanol–water partition coefficient (Wildman–Crippen LogP) is 6.67. The highest BCUT2D eigenvalue weighted by atomic mass is 31.1. The number of aliphatic hydroxyl groups excluding tert-OH is 1. The van der Waals surface area contributed by atoms with E-state index in [1.807, 2.05) is 0 Å². The van der Waals surface area contributed by atoms with E-state index < -0.39 is 50.7 Å². The van der Waals surface area contributed by atoms with Crippen LogP contribution in [0.3, 0.4) is 0 Å². The van der Waals surface area contributed by atoms with Crippen LogP contribution in [0, 0.1) is 0 Å². The zero-order valence-electron chi connectivity index (χ0n) is 25.8. The summed E-state index contributed by atoms with van der Waals surface area (Å²) in [5, 5.41) is 9.71. The van der Waals surface area contributed by atoms with Gasteiger partial charge in [0.05, 0.1) is 6.61 Å². The van der Waals surface area contributed by atoms with Crippen molar-refractivity contribution in [3.8, 4) is 0 Å². The molecule has 2 heterocycles. The average molecular weight is 616 g/mol. The van der Waals surface area contributed by atoms with E-state index in [4.69, 9.17) is 14.0 Å². The van der Waals surface area contributed by atoms with Crippen LogP contribution < -0.4 is 11.2 Å². The molecule has 3 N–H and O–H groups in total. The molecule has 0 aliphatic carbocycles. The van der Waals surface area contributed by atoms with Gasteiger partial charge in [-0.15, -0.1) is 9.42 Å². The number of H-pyrrole nitrogens is 1. The summed E-state index contributed by atoms with van der Waals surface area (Å²) in [5.74, 6) is 0. The van der Waals surface area contributed by atoms with Crippen LogP contribution in [0.1, 0.15) is 142 Å². The minimum absolute atomic E-state index is 0.349. The van der Waals surface area contributed by atoms with Crippen LogP contribution in [-0.4, -0.2) is 51.1 Å². The summed E-state index contributed by atoms with van der Waals surface area (Å²) in [6.07, 6.45) is 23.3. The Morgan fingerprint density at radius 2 is 1.29 bits per heavy atom. The first kappa shape index (κ1) is 36.8. The molecule has 0 aromatic carbocycles. The lowest BCUT2D eigenvalue weighted by molar-refractivity contribution is -0.0744. The van der Waals surface area contributed by atoms with E-state index in [1.165, 1.54) is 121 Å². The summed E-state index contributed by atoms with van der Waals surface area (Å²) in [6.45, 7) is 2.14. The number of nitrogens with zero attached hydrogens (tertiary/aromatic N) is 1. The van der Waals surface area contributed by atoms with Gasteiger partial charge in [-0.1, -0.05) is 129 Å². The summed E-state index contributed by atoms with van der Waals surface area (Å²) in [7, 11) is -2.98. The molecule has 1 aromatic rings. The monoisotopic (exact) mass is 615 g/mol. The number of nitrogens with one attached hydrogen (secondary N) is 1. The molecule has 0 spiro atoms. The molecule has 1 fully saturated rings. The fraction of sp³-hybridized carbons (Fsp3) is 0.871. The molecule has 1 aliphatic rings. The highest BCUT2D eigenvalue weighted by Gasteiger charge is 2.51. The summed E-state index contributed by atoms with van der Waals surface area (Å²) in [4.78, 5) is 35.3. The SMILES string of the molecule is CCCCCCCCCCCCCCCCCCCCCCO[C@H]1C(O[P+](=O)O)[C@@H](CO)O[C@H]1n1ccc(=O)[nH]c1=O. The van der Waals surface area contributed by atoms with Crippen molar-refractivity contribution in [1.82, 2.24) is 9.55 Å². The Morgan fingerprint density at radius 3 is 1.71 bits per heavy atom. The van der Waals surface area contributed by atoms with Crippen molar-refractivity contribution >= 4 is 8.25 Å². The van der Waals surface area contributed by atoms with Crippen molar-refractivity contribution in [2.24, 2.45) is 0 Å². The third kappa shape index (κ3) is 14.8. The summed E-state index contributed by atoms with van der Waals surface area (Å²) < 4.78 is 29.4. The van der Waals surface area contributed by atoms with Gasteiger partial charge >= 0.3 is 13.9 Å². The van der Waals surface area contributed by atoms with Gasteiger partial charge < -0.3 is 14.6 Å². The Hall–Kier alpha value is -1.42. The molecule has 5 atom stereocenters. The summed E-state index contributed by atoms with van der Waals surface area (Å²) >= 11 is 0.